The van der Waals surface area contributed by atoms with Crippen LogP contribution in [0.5, 0.6) is 0 Å². The number of amides is 1. The Kier molecular flexibility index (Phi) is 4.42. The monoisotopic (exact) mass is 225 g/mol. The van der Waals surface area contributed by atoms with E-state index in [2.05, 4.69) is 15.2 Å². The molecule has 0 bridgehead atoms. The molecule has 0 fully saturated rings. The highest BCUT2D eigenvalue weighted by Crippen LogP contribution is 2.08. The quantitative estimate of drug-likeness (QED) is 0.746. The van der Waals surface area contributed by atoms with E-state index >= 15 is 0 Å². The van der Waals surface area contributed by atoms with Crippen molar-refractivity contribution in [2.24, 2.45) is 11.7 Å². The fraction of sp³-hybridized carbons (Fsp3) is 0.700. The fourth-order valence-electron chi connectivity index (χ4n) is 1.36. The third-order valence-corrected chi connectivity index (χ3v) is 2.77. The molecule has 0 aliphatic heterocycles. The van der Waals surface area contributed by atoms with Gasteiger partial charge in [0, 0.05) is 7.05 Å². The van der Waals surface area contributed by atoms with Gasteiger partial charge in [-0.2, -0.15) is 5.10 Å². The first kappa shape index (κ1) is 12.6. The highest BCUT2D eigenvalue weighted by atomic mass is 16.2. The van der Waals surface area contributed by atoms with Gasteiger partial charge < -0.3 is 10.6 Å². The number of aromatic amines is 1. The van der Waals surface area contributed by atoms with Gasteiger partial charge in [0.05, 0.1) is 12.6 Å². The first-order valence-electron chi connectivity index (χ1n) is 5.41. The molecule has 16 heavy (non-hydrogen) atoms. The summed E-state index contributed by atoms with van der Waals surface area (Å²) in [6.07, 6.45) is 2.31. The van der Waals surface area contributed by atoms with Crippen LogP contribution >= 0.6 is 0 Å². The Morgan fingerprint density at radius 1 is 1.69 bits per heavy atom. The smallest absolute Gasteiger partial charge is 0.239 e. The lowest BCUT2D eigenvalue weighted by atomic mass is 9.99. The highest BCUT2D eigenvalue weighted by Gasteiger charge is 2.23. The van der Waals surface area contributed by atoms with Gasteiger partial charge in [-0.15, -0.1) is 0 Å². The van der Waals surface area contributed by atoms with Crippen molar-refractivity contribution in [1.82, 2.24) is 20.1 Å². The summed E-state index contributed by atoms with van der Waals surface area (Å²) in [4.78, 5) is 17.4. The van der Waals surface area contributed by atoms with Crippen LogP contribution in [0.1, 0.15) is 26.1 Å². The predicted molar refractivity (Wildman–Crippen MR) is 60.3 cm³/mol. The SMILES string of the molecule is CC[C@H](C)[C@H](N)C(=O)N(C)Cc1ncn[nH]1. The lowest BCUT2D eigenvalue weighted by Gasteiger charge is -2.23. The number of carbonyl (C=O) groups excluding carboxylic acids is 1. The van der Waals surface area contributed by atoms with Crippen LogP contribution in [0.4, 0.5) is 0 Å². The van der Waals surface area contributed by atoms with Crippen molar-refractivity contribution >= 4 is 5.91 Å². The fourth-order valence-corrected chi connectivity index (χ4v) is 1.36. The van der Waals surface area contributed by atoms with Crippen molar-refractivity contribution in [3.63, 3.8) is 0 Å². The number of hydrogen-bond acceptors (Lipinski definition) is 4. The molecule has 0 unspecified atom stereocenters. The molecule has 3 N–H and O–H groups in total. The average molecular weight is 225 g/mol. The van der Waals surface area contributed by atoms with E-state index in [4.69, 9.17) is 5.73 Å². The molecule has 0 saturated carbocycles. The van der Waals surface area contributed by atoms with Crippen molar-refractivity contribution in [3.05, 3.63) is 12.2 Å². The van der Waals surface area contributed by atoms with E-state index in [1.165, 1.54) is 6.33 Å². The summed E-state index contributed by atoms with van der Waals surface area (Å²) >= 11 is 0. The maximum Gasteiger partial charge on any atom is 0.239 e. The highest BCUT2D eigenvalue weighted by molar-refractivity contribution is 5.81. The number of hydrogen-bond donors (Lipinski definition) is 2. The van der Waals surface area contributed by atoms with Crippen LogP contribution < -0.4 is 5.73 Å². The third-order valence-electron chi connectivity index (χ3n) is 2.77. The minimum absolute atomic E-state index is 0.0641. The van der Waals surface area contributed by atoms with E-state index in [9.17, 15) is 4.79 Å². The van der Waals surface area contributed by atoms with E-state index in [-0.39, 0.29) is 11.8 Å². The van der Waals surface area contributed by atoms with Gasteiger partial charge in [-0.1, -0.05) is 20.3 Å². The van der Waals surface area contributed by atoms with Gasteiger partial charge in [0.2, 0.25) is 5.91 Å². The molecule has 0 radical (unpaired) electrons. The Balaban J connectivity index is 2.53. The number of nitrogens with two attached hydrogens (primary N) is 1. The maximum absolute atomic E-state index is 11.9. The molecule has 0 aromatic carbocycles. The van der Waals surface area contributed by atoms with Crippen LogP contribution in [0.2, 0.25) is 0 Å². The topological polar surface area (TPSA) is 87.9 Å². The standard InChI is InChI=1S/C10H19N5O/c1-4-7(2)9(11)10(16)15(3)5-8-12-6-13-14-8/h6-7,9H,4-5,11H2,1-3H3,(H,12,13,14)/t7-,9-/m0/s1. The molecule has 1 heterocycles. The zero-order valence-corrected chi connectivity index (χ0v) is 9.97. The summed E-state index contributed by atoms with van der Waals surface area (Å²) in [5.41, 5.74) is 5.86. The van der Waals surface area contributed by atoms with E-state index in [1.807, 2.05) is 13.8 Å². The Bertz CT molecular complexity index is 324. The van der Waals surface area contributed by atoms with Gasteiger partial charge in [-0.25, -0.2) is 4.98 Å². The van der Waals surface area contributed by atoms with Crippen LogP contribution in [0, 0.1) is 5.92 Å². The van der Waals surface area contributed by atoms with E-state index in [1.54, 1.807) is 11.9 Å². The van der Waals surface area contributed by atoms with Crippen molar-refractivity contribution < 1.29 is 4.79 Å². The van der Waals surface area contributed by atoms with Crippen molar-refractivity contribution in [1.29, 1.82) is 0 Å². The summed E-state index contributed by atoms with van der Waals surface area (Å²) < 4.78 is 0. The first-order chi connectivity index (χ1) is 7.56. The molecule has 2 atom stereocenters. The van der Waals surface area contributed by atoms with E-state index in [0.717, 1.165) is 6.42 Å². The third kappa shape index (κ3) is 3.03. The summed E-state index contributed by atoms with van der Waals surface area (Å²) in [6.45, 7) is 4.40. The molecule has 1 aromatic heterocycles. The Labute approximate surface area is 95.2 Å². The van der Waals surface area contributed by atoms with Crippen molar-refractivity contribution in [3.8, 4) is 0 Å². The van der Waals surface area contributed by atoms with Crippen LogP contribution in [0.3, 0.4) is 0 Å². The number of carbonyl (C=O) groups is 1. The molecule has 90 valence electrons. The zero-order valence-electron chi connectivity index (χ0n) is 9.97. The molecular formula is C10H19N5O. The van der Waals surface area contributed by atoms with Gasteiger partial charge in [0.15, 0.2) is 0 Å². The molecule has 1 rings (SSSR count). The van der Waals surface area contributed by atoms with Crippen LogP contribution in [-0.4, -0.2) is 39.1 Å². The Morgan fingerprint density at radius 2 is 2.38 bits per heavy atom. The Hall–Kier alpha value is -1.43. The summed E-state index contributed by atoms with van der Waals surface area (Å²) in [6, 6.07) is -0.446. The van der Waals surface area contributed by atoms with Crippen molar-refractivity contribution in [2.45, 2.75) is 32.9 Å². The second kappa shape index (κ2) is 5.60. The number of nitrogens with zero attached hydrogens (tertiary/aromatic N) is 3. The van der Waals surface area contributed by atoms with Crippen molar-refractivity contribution in [2.75, 3.05) is 7.05 Å². The van der Waals surface area contributed by atoms with Gasteiger partial charge in [-0.05, 0) is 5.92 Å². The second-order valence-electron chi connectivity index (χ2n) is 4.04. The molecule has 0 aliphatic carbocycles. The molecular weight excluding hydrogens is 206 g/mol. The van der Waals surface area contributed by atoms with Gasteiger partial charge >= 0.3 is 0 Å². The largest absolute Gasteiger partial charge is 0.337 e. The average Bonchev–Trinajstić information content (AvgIpc) is 2.78. The summed E-state index contributed by atoms with van der Waals surface area (Å²) in [7, 11) is 1.72. The molecule has 0 spiro atoms. The number of rotatable bonds is 5. The molecule has 1 amide bonds. The number of aromatic nitrogens is 3. The van der Waals surface area contributed by atoms with E-state index in [0.29, 0.717) is 12.4 Å². The minimum Gasteiger partial charge on any atom is -0.337 e. The normalized spacial score (nSPS) is 14.5. The van der Waals surface area contributed by atoms with Crippen LogP contribution in [0.25, 0.3) is 0 Å². The second-order valence-corrected chi connectivity index (χ2v) is 4.04. The predicted octanol–water partition coefficient (Wildman–Crippen LogP) is 0.137. The van der Waals surface area contributed by atoms with E-state index < -0.39 is 6.04 Å². The van der Waals surface area contributed by atoms with Gasteiger partial charge in [0.1, 0.15) is 12.2 Å². The van der Waals surface area contributed by atoms with Gasteiger partial charge in [0.25, 0.3) is 0 Å². The lowest BCUT2D eigenvalue weighted by Crippen LogP contribution is -2.45. The molecule has 0 aliphatic rings. The minimum atomic E-state index is -0.446. The Morgan fingerprint density at radius 3 is 2.88 bits per heavy atom. The number of H-pyrrole nitrogens is 1. The number of likely N-dealkylation sites (N-methyl/N-ethyl adjacent to an activating group) is 1. The summed E-state index contributed by atoms with van der Waals surface area (Å²) in [5, 5.41) is 6.43. The molecule has 1 aromatic rings. The molecule has 6 nitrogen and oxygen atoms in total. The van der Waals surface area contributed by atoms with Crippen LogP contribution in [0.15, 0.2) is 6.33 Å². The van der Waals surface area contributed by atoms with Gasteiger partial charge in [-0.3, -0.25) is 9.89 Å². The zero-order chi connectivity index (χ0) is 12.1. The molecule has 6 heteroatoms. The maximum atomic E-state index is 11.9. The lowest BCUT2D eigenvalue weighted by molar-refractivity contribution is -0.133. The summed E-state index contributed by atoms with van der Waals surface area (Å²) in [5.74, 6) is 0.780. The number of nitrogens with one attached hydrogen (secondary N) is 1. The first-order valence-corrected chi connectivity index (χ1v) is 5.41. The molecule has 0 saturated heterocycles. The van der Waals surface area contributed by atoms with Crippen LogP contribution in [-0.2, 0) is 11.3 Å².